The first-order valence-electron chi connectivity index (χ1n) is 14.9. The molecule has 1 N–H and O–H groups in total. The summed E-state index contributed by atoms with van der Waals surface area (Å²) in [5, 5.41) is 10.5. The van der Waals surface area contributed by atoms with Gasteiger partial charge in [-0.05, 0) is 41.9 Å². The third kappa shape index (κ3) is 6.94. The predicted octanol–water partition coefficient (Wildman–Crippen LogP) is 4.17. The molecular formula is C31H47N3O5. The Bertz CT molecular complexity index is 1030. The highest BCUT2D eigenvalue weighted by molar-refractivity contribution is 5.80. The van der Waals surface area contributed by atoms with Crippen molar-refractivity contribution in [3.05, 3.63) is 29.3 Å². The SMILES string of the molecule is CCCCN(CCCC)C(=O)CN1C[C@H](c2ccc3c(c2)CCO3)[C@@H](C(=O)O)[C@@H]1CCN1CC(C)(C)CC1=O. The van der Waals surface area contributed by atoms with Gasteiger partial charge in [-0.25, -0.2) is 0 Å². The standard InChI is InChI=1S/C31H47N3O5/c1-5-7-13-32(14-8-6-2)28(36)20-34-19-24(22-9-10-26-23(17-22)12-16-39-26)29(30(37)38)25(34)11-15-33-21-31(3,4)18-27(33)35/h9-10,17,24-25,29H,5-8,11-16,18-21H2,1-4H3,(H,37,38)/t24-,25+,29-/m1/s1. The molecule has 0 aliphatic carbocycles. The molecule has 0 spiro atoms. The molecule has 216 valence electrons. The van der Waals surface area contributed by atoms with Gasteiger partial charge in [-0.15, -0.1) is 0 Å². The fraction of sp³-hybridized carbons (Fsp3) is 0.710. The van der Waals surface area contributed by atoms with Gasteiger partial charge in [0.25, 0.3) is 0 Å². The second-order valence-electron chi connectivity index (χ2n) is 12.5. The van der Waals surface area contributed by atoms with Crippen LogP contribution >= 0.6 is 0 Å². The summed E-state index contributed by atoms with van der Waals surface area (Å²) in [5.74, 6) is -0.621. The predicted molar refractivity (Wildman–Crippen MR) is 151 cm³/mol. The Balaban J connectivity index is 1.58. The van der Waals surface area contributed by atoms with Crippen LogP contribution in [0.15, 0.2) is 18.2 Å². The van der Waals surface area contributed by atoms with Crippen LogP contribution in [0, 0.1) is 11.3 Å². The molecule has 0 aromatic heterocycles. The van der Waals surface area contributed by atoms with E-state index in [1.165, 1.54) is 0 Å². The topological polar surface area (TPSA) is 90.4 Å². The van der Waals surface area contributed by atoms with E-state index in [1.807, 2.05) is 21.9 Å². The van der Waals surface area contributed by atoms with E-state index < -0.39 is 11.9 Å². The number of likely N-dealkylation sites (tertiary alicyclic amines) is 2. The third-order valence-electron chi connectivity index (χ3n) is 8.73. The van der Waals surface area contributed by atoms with Crippen LogP contribution in [0.1, 0.15) is 83.3 Å². The van der Waals surface area contributed by atoms with Gasteiger partial charge in [-0.3, -0.25) is 19.3 Å². The molecule has 1 aromatic rings. The second-order valence-corrected chi connectivity index (χ2v) is 12.5. The Hall–Kier alpha value is -2.61. The van der Waals surface area contributed by atoms with Crippen LogP contribution in [0.5, 0.6) is 5.75 Å². The lowest BCUT2D eigenvalue weighted by Crippen LogP contribution is -2.45. The van der Waals surface area contributed by atoms with E-state index in [1.54, 1.807) is 0 Å². The number of benzene rings is 1. The number of unbranched alkanes of at least 4 members (excludes halogenated alkanes) is 2. The number of carboxylic acid groups (broad SMARTS) is 1. The molecule has 3 atom stereocenters. The van der Waals surface area contributed by atoms with Gasteiger partial charge in [0, 0.05) is 57.5 Å². The summed E-state index contributed by atoms with van der Waals surface area (Å²) in [4.78, 5) is 45.0. The highest BCUT2D eigenvalue weighted by Gasteiger charge is 2.48. The first-order valence-corrected chi connectivity index (χ1v) is 14.9. The number of hydrogen-bond acceptors (Lipinski definition) is 5. The number of fused-ring (bicyclic) bond motifs is 1. The molecule has 8 nitrogen and oxygen atoms in total. The van der Waals surface area contributed by atoms with Crippen molar-refractivity contribution in [1.82, 2.24) is 14.7 Å². The summed E-state index contributed by atoms with van der Waals surface area (Å²) >= 11 is 0. The molecule has 3 aliphatic heterocycles. The molecule has 0 unspecified atom stereocenters. The largest absolute Gasteiger partial charge is 0.493 e. The second kappa shape index (κ2) is 12.7. The molecule has 0 radical (unpaired) electrons. The zero-order valence-electron chi connectivity index (χ0n) is 24.3. The molecule has 2 saturated heterocycles. The Morgan fingerprint density at radius 3 is 2.49 bits per heavy atom. The third-order valence-corrected chi connectivity index (χ3v) is 8.73. The van der Waals surface area contributed by atoms with Crippen molar-refractivity contribution in [3.8, 4) is 5.75 Å². The van der Waals surface area contributed by atoms with Gasteiger partial charge < -0.3 is 19.6 Å². The van der Waals surface area contributed by atoms with E-state index in [0.717, 1.165) is 62.1 Å². The maximum absolute atomic E-state index is 13.6. The van der Waals surface area contributed by atoms with Crippen molar-refractivity contribution in [3.63, 3.8) is 0 Å². The maximum Gasteiger partial charge on any atom is 0.308 e. The van der Waals surface area contributed by atoms with Crippen molar-refractivity contribution < 1.29 is 24.2 Å². The van der Waals surface area contributed by atoms with Gasteiger partial charge in [0.15, 0.2) is 0 Å². The average molecular weight is 542 g/mol. The molecule has 1 aromatic carbocycles. The Labute approximate surface area is 233 Å². The normalized spacial score (nSPS) is 24.2. The summed E-state index contributed by atoms with van der Waals surface area (Å²) in [6.45, 7) is 12.5. The van der Waals surface area contributed by atoms with E-state index in [9.17, 15) is 19.5 Å². The number of amides is 2. The molecule has 2 amide bonds. The van der Waals surface area contributed by atoms with Gasteiger partial charge in [0.2, 0.25) is 11.8 Å². The fourth-order valence-electron chi connectivity index (χ4n) is 6.63. The Kier molecular flexibility index (Phi) is 9.57. The monoisotopic (exact) mass is 541 g/mol. The number of carbonyl (C=O) groups excluding carboxylic acids is 2. The molecule has 0 saturated carbocycles. The fourth-order valence-corrected chi connectivity index (χ4v) is 6.63. The maximum atomic E-state index is 13.6. The molecule has 8 heteroatoms. The molecule has 0 bridgehead atoms. The lowest BCUT2D eigenvalue weighted by atomic mass is 9.83. The quantitative estimate of drug-likeness (QED) is 0.403. The van der Waals surface area contributed by atoms with E-state index in [-0.39, 0.29) is 35.7 Å². The molecule has 3 heterocycles. The number of carboxylic acids is 1. The van der Waals surface area contributed by atoms with Crippen LogP contribution in [-0.2, 0) is 20.8 Å². The number of aliphatic carboxylic acids is 1. The first kappa shape index (κ1) is 29.4. The summed E-state index contributed by atoms with van der Waals surface area (Å²) < 4.78 is 5.68. The number of ether oxygens (including phenoxy) is 1. The first-order chi connectivity index (χ1) is 18.6. The summed E-state index contributed by atoms with van der Waals surface area (Å²) in [6, 6.07) is 5.74. The van der Waals surface area contributed by atoms with Crippen LogP contribution in [0.4, 0.5) is 0 Å². The lowest BCUT2D eigenvalue weighted by Gasteiger charge is -2.31. The van der Waals surface area contributed by atoms with Crippen molar-refractivity contribution >= 4 is 17.8 Å². The highest BCUT2D eigenvalue weighted by atomic mass is 16.5. The zero-order valence-corrected chi connectivity index (χ0v) is 24.3. The van der Waals surface area contributed by atoms with E-state index in [2.05, 4.69) is 38.7 Å². The van der Waals surface area contributed by atoms with Crippen LogP contribution in [0.25, 0.3) is 0 Å². The highest BCUT2D eigenvalue weighted by Crippen LogP contribution is 2.41. The average Bonchev–Trinajstić information content (AvgIpc) is 3.56. The Morgan fingerprint density at radius 1 is 1.15 bits per heavy atom. The summed E-state index contributed by atoms with van der Waals surface area (Å²) in [7, 11) is 0. The van der Waals surface area contributed by atoms with Gasteiger partial charge in [-0.1, -0.05) is 52.7 Å². The van der Waals surface area contributed by atoms with Gasteiger partial charge in [-0.2, -0.15) is 0 Å². The van der Waals surface area contributed by atoms with Crippen molar-refractivity contribution in [2.75, 3.05) is 45.9 Å². The number of rotatable bonds is 13. The summed E-state index contributed by atoms with van der Waals surface area (Å²) in [6.07, 6.45) is 5.86. The smallest absolute Gasteiger partial charge is 0.308 e. The van der Waals surface area contributed by atoms with Gasteiger partial charge in [0.05, 0.1) is 19.1 Å². The van der Waals surface area contributed by atoms with Gasteiger partial charge >= 0.3 is 5.97 Å². The van der Waals surface area contributed by atoms with Crippen LogP contribution in [0.3, 0.4) is 0 Å². The van der Waals surface area contributed by atoms with E-state index in [0.29, 0.717) is 39.1 Å². The van der Waals surface area contributed by atoms with E-state index in [4.69, 9.17) is 4.74 Å². The van der Waals surface area contributed by atoms with E-state index >= 15 is 0 Å². The van der Waals surface area contributed by atoms with Gasteiger partial charge in [0.1, 0.15) is 5.75 Å². The van der Waals surface area contributed by atoms with Crippen molar-refractivity contribution in [2.45, 2.75) is 84.6 Å². The van der Waals surface area contributed by atoms with Crippen molar-refractivity contribution in [1.29, 1.82) is 0 Å². The zero-order chi connectivity index (χ0) is 28.2. The number of hydrogen-bond donors (Lipinski definition) is 1. The minimum absolute atomic E-state index is 0.0668. The van der Waals surface area contributed by atoms with Crippen LogP contribution < -0.4 is 4.74 Å². The number of nitrogens with zero attached hydrogens (tertiary/aromatic N) is 3. The molecule has 2 fully saturated rings. The van der Waals surface area contributed by atoms with Crippen LogP contribution in [0.2, 0.25) is 0 Å². The number of carbonyl (C=O) groups is 3. The van der Waals surface area contributed by atoms with Crippen LogP contribution in [-0.4, -0.2) is 89.5 Å². The molecular weight excluding hydrogens is 494 g/mol. The molecule has 39 heavy (non-hydrogen) atoms. The summed E-state index contributed by atoms with van der Waals surface area (Å²) in [5.41, 5.74) is 2.06. The minimum atomic E-state index is -0.835. The lowest BCUT2D eigenvalue weighted by molar-refractivity contribution is -0.144. The molecule has 4 rings (SSSR count). The minimum Gasteiger partial charge on any atom is -0.493 e. The molecule has 3 aliphatic rings. The van der Waals surface area contributed by atoms with Crippen molar-refractivity contribution in [2.24, 2.45) is 11.3 Å². The Morgan fingerprint density at radius 2 is 1.87 bits per heavy atom.